The SMILES string of the molecule is CC1(C)C(=O)NC(=O)CN1C(=O)c1ccc(C(=O)O)s1. The number of carbonyl (C=O) groups excluding carboxylic acids is 3. The van der Waals surface area contributed by atoms with E-state index < -0.39 is 29.2 Å². The number of amides is 3. The highest BCUT2D eigenvalue weighted by Crippen LogP contribution is 2.24. The van der Waals surface area contributed by atoms with Crippen molar-refractivity contribution in [2.45, 2.75) is 19.4 Å². The van der Waals surface area contributed by atoms with Gasteiger partial charge in [0, 0.05) is 0 Å². The van der Waals surface area contributed by atoms with Gasteiger partial charge in [-0.05, 0) is 26.0 Å². The van der Waals surface area contributed by atoms with E-state index in [1.165, 1.54) is 26.0 Å². The molecular weight excluding hydrogens is 284 g/mol. The molecule has 106 valence electrons. The number of carboxylic acids is 1. The second-order valence-corrected chi connectivity index (χ2v) is 5.88. The third kappa shape index (κ3) is 2.29. The first-order chi connectivity index (χ1) is 9.23. The van der Waals surface area contributed by atoms with E-state index in [-0.39, 0.29) is 16.3 Å². The van der Waals surface area contributed by atoms with Gasteiger partial charge >= 0.3 is 5.97 Å². The molecule has 3 amide bonds. The zero-order valence-corrected chi connectivity index (χ0v) is 11.6. The van der Waals surface area contributed by atoms with E-state index in [1.54, 1.807) is 0 Å². The average molecular weight is 296 g/mol. The highest BCUT2D eigenvalue weighted by Gasteiger charge is 2.44. The minimum absolute atomic E-state index is 0.0268. The summed E-state index contributed by atoms with van der Waals surface area (Å²) in [6.45, 7) is 2.81. The number of nitrogens with zero attached hydrogens (tertiary/aromatic N) is 1. The van der Waals surface area contributed by atoms with Crippen LogP contribution in [-0.2, 0) is 9.59 Å². The summed E-state index contributed by atoms with van der Waals surface area (Å²) in [7, 11) is 0. The maximum Gasteiger partial charge on any atom is 0.345 e. The Hall–Kier alpha value is -2.22. The third-order valence-electron chi connectivity index (χ3n) is 3.06. The lowest BCUT2D eigenvalue weighted by Crippen LogP contribution is -2.65. The maximum absolute atomic E-state index is 12.4. The first-order valence-electron chi connectivity index (χ1n) is 5.73. The van der Waals surface area contributed by atoms with E-state index in [9.17, 15) is 19.2 Å². The second kappa shape index (κ2) is 4.71. The molecule has 0 unspecified atom stereocenters. The Balaban J connectivity index is 2.32. The summed E-state index contributed by atoms with van der Waals surface area (Å²) in [6, 6.07) is 2.70. The Morgan fingerprint density at radius 1 is 1.30 bits per heavy atom. The number of imide groups is 1. The molecule has 0 bridgehead atoms. The van der Waals surface area contributed by atoms with E-state index in [0.29, 0.717) is 0 Å². The quantitative estimate of drug-likeness (QED) is 0.765. The molecule has 20 heavy (non-hydrogen) atoms. The Bertz CT molecular complexity index is 619. The van der Waals surface area contributed by atoms with E-state index in [0.717, 1.165) is 16.2 Å². The van der Waals surface area contributed by atoms with Crippen LogP contribution in [0.2, 0.25) is 0 Å². The summed E-state index contributed by atoms with van der Waals surface area (Å²) in [6.07, 6.45) is 0. The molecule has 2 N–H and O–H groups in total. The summed E-state index contributed by atoms with van der Waals surface area (Å²) >= 11 is 0.812. The van der Waals surface area contributed by atoms with Crippen molar-refractivity contribution in [3.63, 3.8) is 0 Å². The van der Waals surface area contributed by atoms with Crippen molar-refractivity contribution in [1.29, 1.82) is 0 Å². The van der Waals surface area contributed by atoms with Crippen molar-refractivity contribution in [3.8, 4) is 0 Å². The number of aromatic carboxylic acids is 1. The topological polar surface area (TPSA) is 104 Å². The first-order valence-corrected chi connectivity index (χ1v) is 6.54. The van der Waals surface area contributed by atoms with Gasteiger partial charge in [0.15, 0.2) is 0 Å². The fraction of sp³-hybridized carbons (Fsp3) is 0.333. The molecule has 1 aliphatic rings. The largest absolute Gasteiger partial charge is 0.477 e. The van der Waals surface area contributed by atoms with Crippen LogP contribution >= 0.6 is 11.3 Å². The molecule has 2 heterocycles. The summed E-state index contributed by atoms with van der Waals surface area (Å²) in [4.78, 5) is 47.7. The molecule has 8 heteroatoms. The molecule has 1 aromatic heterocycles. The van der Waals surface area contributed by atoms with E-state index in [2.05, 4.69) is 5.32 Å². The number of carboxylic acid groups (broad SMARTS) is 1. The minimum atomic E-state index is -1.17. The van der Waals surface area contributed by atoms with Crippen LogP contribution in [0.5, 0.6) is 0 Å². The fourth-order valence-corrected chi connectivity index (χ4v) is 2.60. The van der Waals surface area contributed by atoms with Gasteiger partial charge in [0.2, 0.25) is 5.91 Å². The summed E-state index contributed by atoms with van der Waals surface area (Å²) < 4.78 is 0. The first kappa shape index (κ1) is 14.2. The van der Waals surface area contributed by atoms with E-state index in [1.807, 2.05) is 0 Å². The maximum atomic E-state index is 12.4. The Kier molecular flexibility index (Phi) is 3.34. The highest BCUT2D eigenvalue weighted by atomic mass is 32.1. The zero-order chi connectivity index (χ0) is 15.1. The molecule has 7 nitrogen and oxygen atoms in total. The van der Waals surface area contributed by atoms with Crippen molar-refractivity contribution in [1.82, 2.24) is 10.2 Å². The van der Waals surface area contributed by atoms with Gasteiger partial charge in [0.25, 0.3) is 11.8 Å². The molecule has 0 saturated carbocycles. The molecule has 2 rings (SSSR count). The van der Waals surface area contributed by atoms with Crippen molar-refractivity contribution in [2.24, 2.45) is 0 Å². The van der Waals surface area contributed by atoms with Crippen LogP contribution in [0.25, 0.3) is 0 Å². The minimum Gasteiger partial charge on any atom is -0.477 e. The molecule has 0 aliphatic carbocycles. The fourth-order valence-electron chi connectivity index (χ4n) is 1.81. The molecule has 1 aliphatic heterocycles. The number of thiophene rings is 1. The molecule has 0 aromatic carbocycles. The number of rotatable bonds is 2. The van der Waals surface area contributed by atoms with Gasteiger partial charge in [-0.1, -0.05) is 0 Å². The molecule has 1 fully saturated rings. The van der Waals surface area contributed by atoms with E-state index in [4.69, 9.17) is 5.11 Å². The normalized spacial score (nSPS) is 17.8. The van der Waals surface area contributed by atoms with Gasteiger partial charge in [-0.25, -0.2) is 4.79 Å². The molecule has 0 radical (unpaired) electrons. The van der Waals surface area contributed by atoms with Gasteiger partial charge in [-0.15, -0.1) is 11.3 Å². The number of nitrogens with one attached hydrogen (secondary N) is 1. The molecule has 0 atom stereocenters. The van der Waals surface area contributed by atoms with Crippen LogP contribution in [0, 0.1) is 0 Å². The Labute approximate surface area is 118 Å². The van der Waals surface area contributed by atoms with Crippen molar-refractivity contribution in [2.75, 3.05) is 6.54 Å². The van der Waals surface area contributed by atoms with Gasteiger partial charge in [-0.3, -0.25) is 19.7 Å². The second-order valence-electron chi connectivity index (χ2n) is 4.80. The van der Waals surface area contributed by atoms with Crippen LogP contribution in [0.15, 0.2) is 12.1 Å². The lowest BCUT2D eigenvalue weighted by molar-refractivity contribution is -0.143. The van der Waals surface area contributed by atoms with Crippen LogP contribution in [0.1, 0.15) is 33.2 Å². The molecule has 1 aromatic rings. The van der Waals surface area contributed by atoms with Crippen molar-refractivity contribution in [3.05, 3.63) is 21.9 Å². The van der Waals surface area contributed by atoms with Crippen molar-refractivity contribution < 1.29 is 24.3 Å². The Morgan fingerprint density at radius 2 is 1.90 bits per heavy atom. The monoisotopic (exact) mass is 296 g/mol. The average Bonchev–Trinajstić information content (AvgIpc) is 2.83. The number of hydrogen-bond donors (Lipinski definition) is 2. The standard InChI is InChI=1S/C12H12N2O5S/c1-12(2)11(19)13-8(15)5-14(12)9(16)6-3-4-7(20-6)10(17)18/h3-4H,5H2,1-2H3,(H,17,18)(H,13,15,19). The van der Waals surface area contributed by atoms with Crippen LogP contribution in [0.4, 0.5) is 0 Å². The lowest BCUT2D eigenvalue weighted by atomic mass is 9.98. The smallest absolute Gasteiger partial charge is 0.345 e. The van der Waals surface area contributed by atoms with Crippen LogP contribution < -0.4 is 5.32 Å². The summed E-state index contributed by atoms with van der Waals surface area (Å²) in [5.74, 6) is -2.77. The lowest BCUT2D eigenvalue weighted by Gasteiger charge is -2.39. The molecular formula is C12H12N2O5S. The molecule has 0 spiro atoms. The molecule has 1 saturated heterocycles. The van der Waals surface area contributed by atoms with Gasteiger partial charge in [0.05, 0.1) is 4.88 Å². The van der Waals surface area contributed by atoms with Crippen LogP contribution in [0.3, 0.4) is 0 Å². The van der Waals surface area contributed by atoms with Gasteiger partial charge in [-0.2, -0.15) is 0 Å². The van der Waals surface area contributed by atoms with Crippen molar-refractivity contribution >= 4 is 35.0 Å². The van der Waals surface area contributed by atoms with Crippen LogP contribution in [-0.4, -0.2) is 45.8 Å². The Morgan fingerprint density at radius 3 is 2.45 bits per heavy atom. The predicted octanol–water partition coefficient (Wildman–Crippen LogP) is 0.323. The predicted molar refractivity (Wildman–Crippen MR) is 69.5 cm³/mol. The van der Waals surface area contributed by atoms with Gasteiger partial charge in [0.1, 0.15) is 17.0 Å². The van der Waals surface area contributed by atoms with Gasteiger partial charge < -0.3 is 10.0 Å². The number of carbonyl (C=O) groups is 4. The number of piperazine rings is 1. The third-order valence-corrected chi connectivity index (χ3v) is 4.12. The summed E-state index contributed by atoms with van der Waals surface area (Å²) in [5, 5.41) is 11.0. The van der Waals surface area contributed by atoms with E-state index >= 15 is 0 Å². The zero-order valence-electron chi connectivity index (χ0n) is 10.8. The number of hydrogen-bond acceptors (Lipinski definition) is 5. The summed E-state index contributed by atoms with van der Waals surface area (Å²) in [5.41, 5.74) is -1.17. The highest BCUT2D eigenvalue weighted by molar-refractivity contribution is 7.15.